The summed E-state index contributed by atoms with van der Waals surface area (Å²) in [6.45, 7) is 2.85. The number of sulfone groups is 1. The van der Waals surface area contributed by atoms with Crippen molar-refractivity contribution in [3.63, 3.8) is 0 Å². The lowest BCUT2D eigenvalue weighted by molar-refractivity contribution is -0.125. The number of Topliss-reactive ketones (excluding diaryl/α,β-unsaturated/α-hetero) is 2. The number of aliphatic hydroxyl groups is 1. The SMILES string of the molecule is CC1CC(=O)C(=C(O)c2ccc(Cl)c(CN3CCS(=O)(=O)CC3)c2Cl)C(=O)C1. The summed E-state index contributed by atoms with van der Waals surface area (Å²) < 4.78 is 23.2. The van der Waals surface area contributed by atoms with Gasteiger partial charge in [-0.2, -0.15) is 0 Å². The van der Waals surface area contributed by atoms with E-state index >= 15 is 0 Å². The minimum absolute atomic E-state index is 0.0526. The van der Waals surface area contributed by atoms with E-state index in [0.717, 1.165) is 0 Å². The zero-order chi connectivity index (χ0) is 20.6. The maximum absolute atomic E-state index is 12.3. The molecular weight excluding hydrogens is 425 g/mol. The number of carbonyl (C=O) groups is 2. The molecule has 1 N–H and O–H groups in total. The van der Waals surface area contributed by atoms with Crippen LogP contribution in [0.15, 0.2) is 17.7 Å². The third kappa shape index (κ3) is 4.43. The van der Waals surface area contributed by atoms with Crippen molar-refractivity contribution in [3.8, 4) is 0 Å². The predicted octanol–water partition coefficient (Wildman–Crippen LogP) is 3.06. The first-order chi connectivity index (χ1) is 13.1. The first-order valence-corrected chi connectivity index (χ1v) is 11.6. The van der Waals surface area contributed by atoms with Crippen molar-refractivity contribution in [1.29, 1.82) is 0 Å². The van der Waals surface area contributed by atoms with Crippen LogP contribution in [-0.4, -0.2) is 54.6 Å². The lowest BCUT2D eigenvalue weighted by Gasteiger charge is -2.27. The fraction of sp³-hybridized carbons (Fsp3) is 0.474. The second-order valence-electron chi connectivity index (χ2n) is 7.40. The van der Waals surface area contributed by atoms with Crippen molar-refractivity contribution in [3.05, 3.63) is 38.9 Å². The lowest BCUT2D eigenvalue weighted by atomic mass is 9.83. The van der Waals surface area contributed by atoms with Crippen LogP contribution in [0.25, 0.3) is 5.76 Å². The normalized spacial score (nSPS) is 23.1. The molecule has 2 fully saturated rings. The molecule has 0 spiro atoms. The van der Waals surface area contributed by atoms with E-state index in [-0.39, 0.29) is 46.4 Å². The smallest absolute Gasteiger partial charge is 0.170 e. The van der Waals surface area contributed by atoms with Gasteiger partial charge < -0.3 is 5.11 Å². The Kier molecular flexibility index (Phi) is 6.20. The fourth-order valence-electron chi connectivity index (χ4n) is 3.52. The minimum atomic E-state index is -3.01. The minimum Gasteiger partial charge on any atom is -0.506 e. The number of benzene rings is 1. The number of rotatable bonds is 3. The summed E-state index contributed by atoms with van der Waals surface area (Å²) in [5.74, 6) is -1.13. The van der Waals surface area contributed by atoms with Gasteiger partial charge in [0.05, 0.1) is 16.5 Å². The third-order valence-corrected chi connectivity index (χ3v) is 7.52. The Hall–Kier alpha value is -1.41. The number of halogens is 2. The molecule has 3 rings (SSSR count). The van der Waals surface area contributed by atoms with Crippen LogP contribution in [0.1, 0.15) is 30.9 Å². The van der Waals surface area contributed by atoms with Crippen molar-refractivity contribution in [2.24, 2.45) is 5.92 Å². The molecule has 1 saturated carbocycles. The van der Waals surface area contributed by atoms with E-state index in [2.05, 4.69) is 0 Å². The third-order valence-electron chi connectivity index (χ3n) is 5.12. The topological polar surface area (TPSA) is 91.8 Å². The molecule has 1 aromatic rings. The van der Waals surface area contributed by atoms with Crippen LogP contribution in [0.5, 0.6) is 0 Å². The first-order valence-electron chi connectivity index (χ1n) is 8.98. The van der Waals surface area contributed by atoms with Crippen molar-refractivity contribution >= 4 is 50.4 Å². The summed E-state index contributed by atoms with van der Waals surface area (Å²) in [6.07, 6.45) is 0.400. The van der Waals surface area contributed by atoms with Gasteiger partial charge in [-0.05, 0) is 18.1 Å². The van der Waals surface area contributed by atoms with E-state index in [4.69, 9.17) is 23.2 Å². The molecule has 0 radical (unpaired) electrons. The molecule has 1 heterocycles. The van der Waals surface area contributed by atoms with Gasteiger partial charge in [-0.15, -0.1) is 0 Å². The monoisotopic (exact) mass is 445 g/mol. The molecule has 0 amide bonds. The molecule has 28 heavy (non-hydrogen) atoms. The number of aliphatic hydroxyl groups excluding tert-OH is 1. The van der Waals surface area contributed by atoms with Crippen LogP contribution < -0.4 is 0 Å². The average Bonchev–Trinajstić information content (AvgIpc) is 2.59. The van der Waals surface area contributed by atoms with Crippen molar-refractivity contribution in [2.45, 2.75) is 26.3 Å². The van der Waals surface area contributed by atoms with Crippen LogP contribution in [0.2, 0.25) is 10.0 Å². The molecule has 0 bridgehead atoms. The highest BCUT2D eigenvalue weighted by molar-refractivity contribution is 7.91. The Morgan fingerprint density at radius 1 is 1.14 bits per heavy atom. The fourth-order valence-corrected chi connectivity index (χ4v) is 5.38. The maximum Gasteiger partial charge on any atom is 0.170 e. The maximum atomic E-state index is 12.3. The van der Waals surface area contributed by atoms with E-state index in [1.807, 2.05) is 11.8 Å². The number of carbonyl (C=O) groups excluding carboxylic acids is 2. The molecule has 152 valence electrons. The van der Waals surface area contributed by atoms with Crippen LogP contribution in [0.4, 0.5) is 0 Å². The second kappa shape index (κ2) is 8.14. The van der Waals surface area contributed by atoms with Crippen LogP contribution >= 0.6 is 23.2 Å². The Morgan fingerprint density at radius 2 is 1.71 bits per heavy atom. The van der Waals surface area contributed by atoms with Crippen LogP contribution in [0.3, 0.4) is 0 Å². The van der Waals surface area contributed by atoms with Crippen molar-refractivity contribution < 1.29 is 23.1 Å². The molecule has 2 aliphatic rings. The molecule has 1 saturated heterocycles. The zero-order valence-corrected chi connectivity index (χ0v) is 17.7. The van der Waals surface area contributed by atoms with Gasteiger partial charge in [0.15, 0.2) is 21.4 Å². The van der Waals surface area contributed by atoms with Gasteiger partial charge in [0, 0.05) is 48.6 Å². The Morgan fingerprint density at radius 3 is 2.29 bits per heavy atom. The molecule has 1 aliphatic carbocycles. The quantitative estimate of drug-likeness (QED) is 0.436. The van der Waals surface area contributed by atoms with Crippen molar-refractivity contribution in [1.82, 2.24) is 4.90 Å². The summed E-state index contributed by atoms with van der Waals surface area (Å²) in [6, 6.07) is 3.03. The van der Waals surface area contributed by atoms with Gasteiger partial charge >= 0.3 is 0 Å². The second-order valence-corrected chi connectivity index (χ2v) is 10.5. The van der Waals surface area contributed by atoms with Gasteiger partial charge in [-0.1, -0.05) is 30.1 Å². The Balaban J connectivity index is 1.94. The van der Waals surface area contributed by atoms with Crippen LogP contribution in [-0.2, 0) is 26.0 Å². The highest BCUT2D eigenvalue weighted by atomic mass is 35.5. The largest absolute Gasteiger partial charge is 0.506 e. The van der Waals surface area contributed by atoms with Gasteiger partial charge in [-0.25, -0.2) is 8.42 Å². The summed E-state index contributed by atoms with van der Waals surface area (Å²) >= 11 is 12.8. The van der Waals surface area contributed by atoms with Gasteiger partial charge in [0.1, 0.15) is 11.3 Å². The molecule has 0 unspecified atom stereocenters. The molecule has 6 nitrogen and oxygen atoms in total. The number of hydrogen-bond acceptors (Lipinski definition) is 6. The van der Waals surface area contributed by atoms with E-state index in [1.165, 1.54) is 6.07 Å². The zero-order valence-electron chi connectivity index (χ0n) is 15.4. The molecule has 0 aromatic heterocycles. The lowest BCUT2D eigenvalue weighted by Crippen LogP contribution is -2.39. The number of hydrogen-bond donors (Lipinski definition) is 1. The predicted molar refractivity (Wildman–Crippen MR) is 108 cm³/mol. The number of nitrogens with zero attached hydrogens (tertiary/aromatic N) is 1. The van der Waals surface area contributed by atoms with Crippen LogP contribution in [0, 0.1) is 5.92 Å². The van der Waals surface area contributed by atoms with Gasteiger partial charge in [-0.3, -0.25) is 14.5 Å². The Bertz CT molecular complexity index is 937. The molecule has 1 aromatic carbocycles. The highest BCUT2D eigenvalue weighted by Crippen LogP contribution is 2.35. The van der Waals surface area contributed by atoms with Crippen molar-refractivity contribution in [2.75, 3.05) is 24.6 Å². The van der Waals surface area contributed by atoms with Gasteiger partial charge in [0.25, 0.3) is 0 Å². The summed E-state index contributed by atoms with van der Waals surface area (Å²) in [5, 5.41) is 11.2. The highest BCUT2D eigenvalue weighted by Gasteiger charge is 2.32. The summed E-state index contributed by atoms with van der Waals surface area (Å²) in [4.78, 5) is 26.5. The van der Waals surface area contributed by atoms with E-state index in [0.29, 0.717) is 30.2 Å². The van der Waals surface area contributed by atoms with E-state index < -0.39 is 27.2 Å². The molecule has 9 heteroatoms. The summed E-state index contributed by atoms with van der Waals surface area (Å²) in [5.41, 5.74) is 0.491. The van der Waals surface area contributed by atoms with Gasteiger partial charge in [0.2, 0.25) is 0 Å². The Labute approximate surface area is 174 Å². The number of ketones is 2. The molecule has 1 aliphatic heterocycles. The van der Waals surface area contributed by atoms with E-state index in [1.54, 1.807) is 6.07 Å². The molecular formula is C19H21Cl2NO5S. The first kappa shape index (κ1) is 21.3. The summed E-state index contributed by atoms with van der Waals surface area (Å²) in [7, 11) is -3.01. The molecule has 0 atom stereocenters. The standard InChI is InChI=1S/C19H21Cl2NO5S/c1-11-8-15(23)17(16(24)9-11)19(25)12-2-3-14(20)13(18(12)21)10-22-4-6-28(26,27)7-5-22/h2-3,11,25H,4-10H2,1H3. The number of allylic oxidation sites excluding steroid dienone is 1. The van der Waals surface area contributed by atoms with E-state index in [9.17, 15) is 23.1 Å². The average molecular weight is 446 g/mol.